The maximum Gasteiger partial charge on any atom is 0.305 e. The molecule has 7 heteroatoms. The molecule has 0 rings (SSSR count). The Morgan fingerprint density at radius 2 is 1.60 bits per heavy atom. The van der Waals surface area contributed by atoms with Crippen LogP contribution >= 0.6 is 0 Å². The minimum Gasteiger partial charge on any atom is -0.469 e. The molecule has 0 saturated carbocycles. The molecule has 150 valence electrons. The second-order valence-corrected chi connectivity index (χ2v) is 8.68. The molecule has 1 atom stereocenters. The number of esters is 1. The highest BCUT2D eigenvalue weighted by Crippen LogP contribution is 2.12. The molecular weight excluding hydrogens is 342 g/mol. The van der Waals surface area contributed by atoms with Crippen LogP contribution < -0.4 is 0 Å². The first kappa shape index (κ1) is 24.3. The van der Waals surface area contributed by atoms with E-state index in [0.717, 1.165) is 51.4 Å². The zero-order chi connectivity index (χ0) is 19.1. The van der Waals surface area contributed by atoms with Gasteiger partial charge in [-0.15, -0.1) is 0 Å². The summed E-state index contributed by atoms with van der Waals surface area (Å²) in [4.78, 5) is 11.0. The third-order valence-electron chi connectivity index (χ3n) is 4.32. The summed E-state index contributed by atoms with van der Waals surface area (Å²) in [5.74, 6) is -0.199. The molecular formula is C18H37NO5S. The molecule has 0 aromatic carbocycles. The van der Waals surface area contributed by atoms with Gasteiger partial charge in [-0.05, 0) is 32.1 Å². The van der Waals surface area contributed by atoms with Crippen molar-refractivity contribution in [2.24, 2.45) is 0 Å². The van der Waals surface area contributed by atoms with Gasteiger partial charge < -0.3 is 9.84 Å². The maximum absolute atomic E-state index is 11.9. The molecule has 0 aliphatic carbocycles. The zero-order valence-corrected chi connectivity index (χ0v) is 17.0. The molecule has 0 heterocycles. The molecule has 0 radical (unpaired) electrons. The van der Waals surface area contributed by atoms with Gasteiger partial charge in [0.25, 0.3) is 0 Å². The lowest BCUT2D eigenvalue weighted by Crippen LogP contribution is -2.32. The Bertz CT molecular complexity index is 439. The summed E-state index contributed by atoms with van der Waals surface area (Å²) in [6.45, 7) is 3.10. The topological polar surface area (TPSA) is 83.9 Å². The quantitative estimate of drug-likeness (QED) is 0.329. The molecule has 0 amide bonds. The van der Waals surface area contributed by atoms with Gasteiger partial charge in [-0.1, -0.05) is 39.0 Å². The zero-order valence-electron chi connectivity index (χ0n) is 16.2. The second kappa shape index (κ2) is 14.5. The van der Waals surface area contributed by atoms with Crippen molar-refractivity contribution in [3.05, 3.63) is 0 Å². The standard InChI is InChI=1S/C18H37NO5S/c1-4-5-8-12-17(20)13-11-16-19(25(3,22)23)15-10-7-6-9-14-18(21)24-2/h17,20H,4-16H2,1-3H3. The van der Waals surface area contributed by atoms with Crippen molar-refractivity contribution in [2.45, 2.75) is 83.7 Å². The van der Waals surface area contributed by atoms with E-state index in [0.29, 0.717) is 32.4 Å². The van der Waals surface area contributed by atoms with Crippen molar-refractivity contribution in [3.8, 4) is 0 Å². The molecule has 1 unspecified atom stereocenters. The van der Waals surface area contributed by atoms with Crippen LogP contribution in [-0.2, 0) is 19.6 Å². The molecule has 0 fully saturated rings. The van der Waals surface area contributed by atoms with Crippen molar-refractivity contribution in [1.29, 1.82) is 0 Å². The summed E-state index contributed by atoms with van der Waals surface area (Å²) < 4.78 is 29.8. The summed E-state index contributed by atoms with van der Waals surface area (Å²) in [6.07, 6.45) is 10.1. The average Bonchev–Trinajstić information content (AvgIpc) is 2.55. The molecule has 1 N–H and O–H groups in total. The van der Waals surface area contributed by atoms with Crippen LogP contribution in [-0.4, -0.2) is 56.4 Å². The Kier molecular flexibility index (Phi) is 14.1. The van der Waals surface area contributed by atoms with Crippen molar-refractivity contribution in [3.63, 3.8) is 0 Å². The van der Waals surface area contributed by atoms with Crippen LogP contribution in [0.25, 0.3) is 0 Å². The van der Waals surface area contributed by atoms with Gasteiger partial charge in [0.1, 0.15) is 0 Å². The molecule has 6 nitrogen and oxygen atoms in total. The fourth-order valence-corrected chi connectivity index (χ4v) is 3.66. The average molecular weight is 380 g/mol. The van der Waals surface area contributed by atoms with Crippen LogP contribution in [0.3, 0.4) is 0 Å². The summed E-state index contributed by atoms with van der Waals surface area (Å²) in [5, 5.41) is 9.92. The van der Waals surface area contributed by atoms with Crippen molar-refractivity contribution in [2.75, 3.05) is 26.5 Å². The third kappa shape index (κ3) is 14.2. The number of methoxy groups -OCH3 is 1. The molecule has 0 aromatic rings. The Balaban J connectivity index is 3.96. The van der Waals surface area contributed by atoms with Crippen molar-refractivity contribution >= 4 is 16.0 Å². The molecule has 0 bridgehead atoms. The van der Waals surface area contributed by atoms with Crippen LogP contribution in [0.1, 0.15) is 77.6 Å². The summed E-state index contributed by atoms with van der Waals surface area (Å²) in [6, 6.07) is 0. The predicted molar refractivity (Wildman–Crippen MR) is 101 cm³/mol. The van der Waals surface area contributed by atoms with Gasteiger partial charge in [-0.2, -0.15) is 0 Å². The van der Waals surface area contributed by atoms with Crippen LogP contribution in [0.15, 0.2) is 0 Å². The van der Waals surface area contributed by atoms with Crippen LogP contribution in [0.5, 0.6) is 0 Å². The highest BCUT2D eigenvalue weighted by atomic mass is 32.2. The van der Waals surface area contributed by atoms with Gasteiger partial charge in [-0.3, -0.25) is 4.79 Å². The fraction of sp³-hybridized carbons (Fsp3) is 0.944. The lowest BCUT2D eigenvalue weighted by atomic mass is 10.1. The van der Waals surface area contributed by atoms with E-state index >= 15 is 0 Å². The number of ether oxygens (including phenoxy) is 1. The number of carbonyl (C=O) groups excluding carboxylic acids is 1. The SMILES string of the molecule is CCCCCC(O)CCCN(CCCCCCC(=O)OC)S(C)(=O)=O. The van der Waals surface area contributed by atoms with E-state index in [-0.39, 0.29) is 12.1 Å². The predicted octanol–water partition coefficient (Wildman–Crippen LogP) is 3.09. The van der Waals surface area contributed by atoms with Gasteiger partial charge in [-0.25, -0.2) is 12.7 Å². The molecule has 25 heavy (non-hydrogen) atoms. The largest absolute Gasteiger partial charge is 0.469 e. The lowest BCUT2D eigenvalue weighted by Gasteiger charge is -2.20. The number of hydrogen-bond acceptors (Lipinski definition) is 5. The van der Waals surface area contributed by atoms with E-state index < -0.39 is 10.0 Å². The minimum atomic E-state index is -3.22. The van der Waals surface area contributed by atoms with Gasteiger partial charge in [0, 0.05) is 19.5 Å². The number of rotatable bonds is 16. The van der Waals surface area contributed by atoms with Gasteiger partial charge in [0.05, 0.1) is 19.5 Å². The summed E-state index contributed by atoms with van der Waals surface area (Å²) in [5.41, 5.74) is 0. The van der Waals surface area contributed by atoms with Crippen molar-refractivity contribution in [1.82, 2.24) is 4.31 Å². The first-order valence-corrected chi connectivity index (χ1v) is 11.4. The molecule has 0 aliphatic heterocycles. The Hall–Kier alpha value is -0.660. The second-order valence-electron chi connectivity index (χ2n) is 6.69. The number of sulfonamides is 1. The molecule has 0 spiro atoms. The maximum atomic E-state index is 11.9. The number of nitrogens with zero attached hydrogens (tertiary/aromatic N) is 1. The van der Waals surface area contributed by atoms with Gasteiger partial charge in [0.2, 0.25) is 10.0 Å². The Morgan fingerprint density at radius 3 is 2.20 bits per heavy atom. The molecule has 0 saturated heterocycles. The van der Waals surface area contributed by atoms with Crippen LogP contribution in [0.2, 0.25) is 0 Å². The van der Waals surface area contributed by atoms with E-state index in [1.54, 1.807) is 0 Å². The van der Waals surface area contributed by atoms with E-state index in [1.165, 1.54) is 17.7 Å². The summed E-state index contributed by atoms with van der Waals surface area (Å²) >= 11 is 0. The van der Waals surface area contributed by atoms with Crippen molar-refractivity contribution < 1.29 is 23.1 Å². The van der Waals surface area contributed by atoms with E-state index in [2.05, 4.69) is 11.7 Å². The number of aliphatic hydroxyl groups excluding tert-OH is 1. The normalized spacial score (nSPS) is 13.2. The van der Waals surface area contributed by atoms with Gasteiger partial charge >= 0.3 is 5.97 Å². The number of unbranched alkanes of at least 4 members (excludes halogenated alkanes) is 5. The lowest BCUT2D eigenvalue weighted by molar-refractivity contribution is -0.140. The highest BCUT2D eigenvalue weighted by Gasteiger charge is 2.16. The highest BCUT2D eigenvalue weighted by molar-refractivity contribution is 7.88. The Labute approximate surface area is 154 Å². The van der Waals surface area contributed by atoms with Crippen LogP contribution in [0, 0.1) is 0 Å². The smallest absolute Gasteiger partial charge is 0.305 e. The van der Waals surface area contributed by atoms with Gasteiger partial charge in [0.15, 0.2) is 0 Å². The summed E-state index contributed by atoms with van der Waals surface area (Å²) in [7, 11) is -1.83. The first-order chi connectivity index (χ1) is 11.8. The fourth-order valence-electron chi connectivity index (χ4n) is 2.73. The monoisotopic (exact) mass is 379 g/mol. The van der Waals surface area contributed by atoms with E-state index in [4.69, 9.17) is 0 Å². The third-order valence-corrected chi connectivity index (χ3v) is 5.62. The van der Waals surface area contributed by atoms with Crippen LogP contribution in [0.4, 0.5) is 0 Å². The number of hydrogen-bond donors (Lipinski definition) is 1. The molecule has 0 aromatic heterocycles. The number of aliphatic hydroxyl groups is 1. The first-order valence-electron chi connectivity index (χ1n) is 9.51. The number of carbonyl (C=O) groups is 1. The minimum absolute atomic E-state index is 0.199. The van der Waals surface area contributed by atoms with E-state index in [9.17, 15) is 18.3 Å². The Morgan fingerprint density at radius 1 is 1.00 bits per heavy atom. The van der Waals surface area contributed by atoms with E-state index in [1.807, 2.05) is 0 Å². The molecule has 0 aliphatic rings.